The van der Waals surface area contributed by atoms with E-state index in [9.17, 15) is 33.9 Å². The molecule has 1 amide bonds. The standard InChI is InChI=1S/C32H49NO16/c1-9-10-11-12-13-14-15-41-31-32(40,33-18(3)34)29(47-23(8)39)25(17(2)43-31)49-30-28(46-22(7)38)27(45-21(6)37)26(44-20(5)36)24(48-30)16-42-19(4)35/h24-31,40H,2,9-16H2,1,3-8H3,(H,33,34)/t24-,25-,26+,27+,28-,29+,30+,31-,32-/m1/s1. The van der Waals surface area contributed by atoms with Crippen LogP contribution in [0.5, 0.6) is 0 Å². The van der Waals surface area contributed by atoms with Crippen LogP contribution >= 0.6 is 0 Å². The van der Waals surface area contributed by atoms with E-state index in [1.165, 1.54) is 0 Å². The minimum absolute atomic E-state index is 0.101. The van der Waals surface area contributed by atoms with Crippen LogP contribution in [0.3, 0.4) is 0 Å². The average Bonchev–Trinajstić information content (AvgIpc) is 2.97. The molecule has 17 heteroatoms. The van der Waals surface area contributed by atoms with Gasteiger partial charge < -0.3 is 53.1 Å². The van der Waals surface area contributed by atoms with Gasteiger partial charge in [0.15, 0.2) is 36.8 Å². The Hall–Kier alpha value is -3.80. The van der Waals surface area contributed by atoms with Crippen molar-refractivity contribution >= 4 is 35.8 Å². The fourth-order valence-electron chi connectivity index (χ4n) is 5.39. The van der Waals surface area contributed by atoms with Gasteiger partial charge in [0.25, 0.3) is 6.29 Å². The zero-order valence-corrected chi connectivity index (χ0v) is 29.1. The number of aliphatic hydroxyl groups is 1. The van der Waals surface area contributed by atoms with Crippen LogP contribution in [-0.2, 0) is 71.4 Å². The average molecular weight is 704 g/mol. The van der Waals surface area contributed by atoms with Gasteiger partial charge in [0.05, 0.1) is 6.61 Å². The molecule has 0 radical (unpaired) electrons. The molecule has 278 valence electrons. The summed E-state index contributed by atoms with van der Waals surface area (Å²) < 4.78 is 50.6. The topological polar surface area (TPSA) is 218 Å². The molecule has 2 aliphatic rings. The van der Waals surface area contributed by atoms with E-state index in [2.05, 4.69) is 18.8 Å². The highest BCUT2D eigenvalue weighted by molar-refractivity contribution is 5.74. The number of hydrogen-bond acceptors (Lipinski definition) is 16. The second-order valence-electron chi connectivity index (χ2n) is 11.7. The lowest BCUT2D eigenvalue weighted by Gasteiger charge is -2.50. The lowest BCUT2D eigenvalue weighted by atomic mass is 9.94. The van der Waals surface area contributed by atoms with E-state index in [0.29, 0.717) is 6.42 Å². The van der Waals surface area contributed by atoms with Crippen molar-refractivity contribution in [3.8, 4) is 0 Å². The monoisotopic (exact) mass is 703 g/mol. The molecule has 2 heterocycles. The molecule has 0 aliphatic carbocycles. The zero-order chi connectivity index (χ0) is 36.9. The summed E-state index contributed by atoms with van der Waals surface area (Å²) in [7, 11) is 0. The van der Waals surface area contributed by atoms with Crippen molar-refractivity contribution in [1.29, 1.82) is 0 Å². The van der Waals surface area contributed by atoms with Crippen LogP contribution in [0.25, 0.3) is 0 Å². The van der Waals surface area contributed by atoms with Gasteiger partial charge in [0.2, 0.25) is 11.6 Å². The molecule has 2 saturated heterocycles. The summed E-state index contributed by atoms with van der Waals surface area (Å²) >= 11 is 0. The van der Waals surface area contributed by atoms with E-state index < -0.39 is 97.3 Å². The number of esters is 5. The Morgan fingerprint density at radius 2 is 1.33 bits per heavy atom. The number of carbonyl (C=O) groups excluding carboxylic acids is 6. The Morgan fingerprint density at radius 3 is 1.88 bits per heavy atom. The van der Waals surface area contributed by atoms with Crippen LogP contribution in [0.1, 0.15) is 87.0 Å². The van der Waals surface area contributed by atoms with Gasteiger partial charge in [0.1, 0.15) is 18.5 Å². The van der Waals surface area contributed by atoms with Crippen LogP contribution in [-0.4, -0.2) is 109 Å². The number of carbonyl (C=O) groups is 6. The van der Waals surface area contributed by atoms with Gasteiger partial charge in [-0.1, -0.05) is 45.6 Å². The quantitative estimate of drug-likeness (QED) is 0.0948. The van der Waals surface area contributed by atoms with Crippen molar-refractivity contribution in [3.05, 3.63) is 12.3 Å². The van der Waals surface area contributed by atoms with Gasteiger partial charge in [-0.25, -0.2) is 0 Å². The zero-order valence-electron chi connectivity index (χ0n) is 29.1. The van der Waals surface area contributed by atoms with Crippen molar-refractivity contribution in [2.24, 2.45) is 0 Å². The highest BCUT2D eigenvalue weighted by Crippen LogP contribution is 2.38. The lowest BCUT2D eigenvalue weighted by Crippen LogP contribution is -2.73. The molecule has 17 nitrogen and oxygen atoms in total. The number of nitrogens with one attached hydrogen (secondary N) is 1. The van der Waals surface area contributed by atoms with Crippen molar-refractivity contribution in [2.45, 2.75) is 142 Å². The van der Waals surface area contributed by atoms with Crippen LogP contribution in [0.15, 0.2) is 12.3 Å². The maximum Gasteiger partial charge on any atom is 0.303 e. The van der Waals surface area contributed by atoms with E-state index in [0.717, 1.165) is 73.6 Å². The molecule has 0 aromatic carbocycles. The molecule has 0 saturated carbocycles. The minimum Gasteiger partial charge on any atom is -0.463 e. The van der Waals surface area contributed by atoms with Gasteiger partial charge in [-0.3, -0.25) is 28.8 Å². The normalized spacial score (nSPS) is 29.5. The third-order valence-corrected chi connectivity index (χ3v) is 7.31. The molecular formula is C32H49NO16. The Balaban J connectivity index is 2.54. The number of amides is 1. The maximum absolute atomic E-state index is 12.4. The van der Waals surface area contributed by atoms with Crippen LogP contribution < -0.4 is 5.32 Å². The summed E-state index contributed by atoms with van der Waals surface area (Å²) in [6.07, 6.45) is -7.37. The summed E-state index contributed by atoms with van der Waals surface area (Å²) in [5.41, 5.74) is -2.57. The molecular weight excluding hydrogens is 654 g/mol. The van der Waals surface area contributed by atoms with Crippen molar-refractivity contribution < 1.29 is 76.5 Å². The van der Waals surface area contributed by atoms with E-state index in [1.807, 2.05) is 0 Å². The minimum atomic E-state index is -2.57. The number of unbranched alkanes of at least 4 members (excludes halogenated alkanes) is 5. The van der Waals surface area contributed by atoms with Crippen LogP contribution in [0, 0.1) is 0 Å². The smallest absolute Gasteiger partial charge is 0.303 e. The summed E-state index contributed by atoms with van der Waals surface area (Å²) in [6.45, 7) is 11.9. The summed E-state index contributed by atoms with van der Waals surface area (Å²) in [4.78, 5) is 73.0. The molecule has 2 rings (SSSR count). The van der Waals surface area contributed by atoms with E-state index in [1.54, 1.807) is 0 Å². The SMILES string of the molecule is C=C1O[C@@H](OCCCCCCCC)[C@@](O)(NC(C)=O)[C@@H](OC(C)=O)[C@@H]1O[C@@H]1O[C@H](COC(C)=O)[C@H](OC(C)=O)[C@H](OC(C)=O)[C@H]1OC(C)=O. The van der Waals surface area contributed by atoms with E-state index in [4.69, 9.17) is 42.6 Å². The van der Waals surface area contributed by atoms with Crippen molar-refractivity contribution in [1.82, 2.24) is 5.32 Å². The number of hydrogen-bond donors (Lipinski definition) is 2. The first-order chi connectivity index (χ1) is 23.0. The van der Waals surface area contributed by atoms with Crippen molar-refractivity contribution in [3.63, 3.8) is 0 Å². The second kappa shape index (κ2) is 19.4. The van der Waals surface area contributed by atoms with E-state index in [-0.39, 0.29) is 12.4 Å². The Morgan fingerprint density at radius 1 is 0.776 bits per heavy atom. The molecule has 2 fully saturated rings. The number of ether oxygens (including phenoxy) is 9. The van der Waals surface area contributed by atoms with Gasteiger partial charge >= 0.3 is 29.8 Å². The summed E-state index contributed by atoms with van der Waals surface area (Å²) in [6, 6.07) is 0. The van der Waals surface area contributed by atoms with Crippen molar-refractivity contribution in [2.75, 3.05) is 13.2 Å². The largest absolute Gasteiger partial charge is 0.463 e. The fourth-order valence-corrected chi connectivity index (χ4v) is 5.39. The molecule has 0 aromatic heterocycles. The lowest BCUT2D eigenvalue weighted by molar-refractivity contribution is -0.352. The predicted molar refractivity (Wildman–Crippen MR) is 164 cm³/mol. The fraction of sp³-hybridized carbons (Fsp3) is 0.750. The molecule has 0 bridgehead atoms. The van der Waals surface area contributed by atoms with Gasteiger partial charge in [-0.05, 0) is 6.42 Å². The van der Waals surface area contributed by atoms with Crippen LogP contribution in [0.2, 0.25) is 0 Å². The highest BCUT2D eigenvalue weighted by atomic mass is 16.8. The maximum atomic E-state index is 12.4. The first-order valence-electron chi connectivity index (χ1n) is 16.1. The Labute approximate surface area is 285 Å². The molecule has 2 aliphatic heterocycles. The molecule has 9 atom stereocenters. The molecule has 0 aromatic rings. The van der Waals surface area contributed by atoms with Gasteiger partial charge in [-0.2, -0.15) is 0 Å². The number of rotatable bonds is 17. The highest BCUT2D eigenvalue weighted by Gasteiger charge is 2.61. The molecule has 49 heavy (non-hydrogen) atoms. The van der Waals surface area contributed by atoms with E-state index >= 15 is 0 Å². The third-order valence-electron chi connectivity index (χ3n) is 7.31. The Kier molecular flexibility index (Phi) is 16.4. The van der Waals surface area contributed by atoms with Gasteiger partial charge in [0, 0.05) is 41.5 Å². The Bertz CT molecular complexity index is 1190. The summed E-state index contributed by atoms with van der Waals surface area (Å²) in [5, 5.41) is 14.3. The summed E-state index contributed by atoms with van der Waals surface area (Å²) in [5.74, 6) is -5.27. The predicted octanol–water partition coefficient (Wildman–Crippen LogP) is 1.46. The second-order valence-corrected chi connectivity index (χ2v) is 11.7. The molecule has 0 spiro atoms. The first-order valence-corrected chi connectivity index (χ1v) is 16.1. The molecule has 2 N–H and O–H groups in total. The molecule has 0 unspecified atom stereocenters. The third kappa shape index (κ3) is 12.5. The van der Waals surface area contributed by atoms with Gasteiger partial charge in [-0.15, -0.1) is 0 Å². The van der Waals surface area contributed by atoms with Crippen LogP contribution in [0.4, 0.5) is 0 Å². The first kappa shape index (κ1) is 41.4.